The van der Waals surface area contributed by atoms with Crippen LogP contribution in [0.4, 0.5) is 0 Å². The van der Waals surface area contributed by atoms with E-state index in [1.54, 1.807) is 11.3 Å². The van der Waals surface area contributed by atoms with Crippen molar-refractivity contribution in [2.24, 2.45) is 0 Å². The molecule has 0 aliphatic heterocycles. The van der Waals surface area contributed by atoms with Gasteiger partial charge in [-0.25, -0.2) is 9.97 Å². The van der Waals surface area contributed by atoms with Gasteiger partial charge in [0.25, 0.3) is 0 Å². The Hall–Kier alpha value is -7.28. The molecule has 56 heavy (non-hydrogen) atoms. The van der Waals surface area contributed by atoms with Gasteiger partial charge in [0.1, 0.15) is 16.0 Å². The average molecular weight is 733 g/mol. The minimum Gasteiger partial charge on any atom is -0.456 e. The maximum Gasteiger partial charge on any atom is 0.163 e. The van der Waals surface area contributed by atoms with Crippen LogP contribution in [-0.4, -0.2) is 19.1 Å². The third-order valence-corrected chi connectivity index (χ3v) is 12.6. The molecule has 0 bridgehead atoms. The highest BCUT2D eigenvalue weighted by atomic mass is 32.1. The fourth-order valence-corrected chi connectivity index (χ4v) is 10.2. The maximum absolute atomic E-state index is 6.32. The van der Waals surface area contributed by atoms with Crippen molar-refractivity contribution in [3.63, 3.8) is 0 Å². The minimum absolute atomic E-state index is 0.704. The second-order valence-corrected chi connectivity index (χ2v) is 15.6. The summed E-state index contributed by atoms with van der Waals surface area (Å²) in [5.74, 6) is 1.59. The molecule has 0 atom stereocenters. The maximum atomic E-state index is 6.32. The number of thiophene rings is 1. The zero-order chi connectivity index (χ0) is 36.5. The molecule has 0 saturated carbocycles. The zero-order valence-electron chi connectivity index (χ0n) is 29.8. The van der Waals surface area contributed by atoms with Crippen molar-refractivity contribution in [1.82, 2.24) is 19.1 Å². The first kappa shape index (κ1) is 30.1. The lowest BCUT2D eigenvalue weighted by Gasteiger charge is -2.12. The predicted octanol–water partition coefficient (Wildman–Crippen LogP) is 13.8. The largest absolute Gasteiger partial charge is 0.456 e. The van der Waals surface area contributed by atoms with E-state index in [2.05, 4.69) is 167 Å². The first-order chi connectivity index (χ1) is 27.8. The zero-order valence-corrected chi connectivity index (χ0v) is 30.6. The second kappa shape index (κ2) is 11.1. The molecule has 0 aliphatic carbocycles. The van der Waals surface area contributed by atoms with E-state index in [1.807, 2.05) is 12.1 Å². The number of fused-ring (bicyclic) bond motifs is 14. The number of hydrogen-bond donors (Lipinski definition) is 0. The molecule has 260 valence electrons. The average Bonchev–Trinajstić information content (AvgIpc) is 4.00. The van der Waals surface area contributed by atoms with Crippen molar-refractivity contribution >= 4 is 108 Å². The monoisotopic (exact) mass is 732 g/mol. The Morgan fingerprint density at radius 3 is 1.95 bits per heavy atom. The Balaban J connectivity index is 1.12. The van der Waals surface area contributed by atoms with Crippen molar-refractivity contribution in [1.29, 1.82) is 0 Å². The third-order valence-electron chi connectivity index (χ3n) is 11.5. The molecule has 0 aliphatic rings. The van der Waals surface area contributed by atoms with E-state index < -0.39 is 0 Å². The van der Waals surface area contributed by atoms with Gasteiger partial charge in [0.2, 0.25) is 0 Å². The molecule has 8 aromatic carbocycles. The lowest BCUT2D eigenvalue weighted by molar-refractivity contribution is 0.669. The van der Waals surface area contributed by atoms with Crippen molar-refractivity contribution in [3.8, 4) is 22.9 Å². The van der Waals surface area contributed by atoms with Gasteiger partial charge in [0.05, 0.1) is 27.5 Å². The number of hydrogen-bond acceptors (Lipinski definition) is 4. The number of aromatic nitrogens is 4. The number of para-hydroxylation sites is 4. The number of furan rings is 1. The van der Waals surface area contributed by atoms with Gasteiger partial charge >= 0.3 is 0 Å². The van der Waals surface area contributed by atoms with Crippen LogP contribution in [0.15, 0.2) is 174 Å². The van der Waals surface area contributed by atoms with E-state index in [-0.39, 0.29) is 0 Å². The predicted molar refractivity (Wildman–Crippen MR) is 234 cm³/mol. The van der Waals surface area contributed by atoms with Crippen LogP contribution in [0, 0.1) is 0 Å². The summed E-state index contributed by atoms with van der Waals surface area (Å²) in [6.07, 6.45) is 0. The highest BCUT2D eigenvalue weighted by Crippen LogP contribution is 2.44. The second-order valence-electron chi connectivity index (χ2n) is 14.5. The number of nitrogens with zero attached hydrogens (tertiary/aromatic N) is 4. The fourth-order valence-electron chi connectivity index (χ4n) is 9.10. The molecule has 5 aromatic heterocycles. The summed E-state index contributed by atoms with van der Waals surface area (Å²) in [5.41, 5.74) is 8.45. The summed E-state index contributed by atoms with van der Waals surface area (Å²) in [7, 11) is 0. The first-order valence-corrected chi connectivity index (χ1v) is 19.6. The normalized spacial score (nSPS) is 12.3. The Labute approximate surface area is 322 Å². The number of rotatable bonds is 3. The van der Waals surface area contributed by atoms with Crippen LogP contribution < -0.4 is 0 Å². The molecule has 6 heteroatoms. The molecule has 5 heterocycles. The first-order valence-electron chi connectivity index (χ1n) is 18.8. The van der Waals surface area contributed by atoms with Crippen LogP contribution in [0.3, 0.4) is 0 Å². The van der Waals surface area contributed by atoms with Crippen LogP contribution in [0.1, 0.15) is 0 Å². The van der Waals surface area contributed by atoms with Crippen molar-refractivity contribution < 1.29 is 4.42 Å². The van der Waals surface area contributed by atoms with E-state index in [0.717, 1.165) is 76.5 Å². The van der Waals surface area contributed by atoms with Gasteiger partial charge in [-0.2, -0.15) is 0 Å². The highest BCUT2D eigenvalue weighted by molar-refractivity contribution is 7.25. The highest BCUT2D eigenvalue weighted by Gasteiger charge is 2.23. The SMILES string of the molecule is c1ccc(-n2c3ccccc3c3cc(-c4nc(-n5c6ccccc6c6cc7c(ccc8oc9ccccc9c87)cc65)c5c(n4)sc4ccccc45)ccc32)cc1. The summed E-state index contributed by atoms with van der Waals surface area (Å²) in [4.78, 5) is 11.9. The molecule has 5 nitrogen and oxygen atoms in total. The molecule has 13 rings (SSSR count). The topological polar surface area (TPSA) is 48.8 Å². The van der Waals surface area contributed by atoms with E-state index in [1.165, 1.54) is 37.1 Å². The Morgan fingerprint density at radius 2 is 1.11 bits per heavy atom. The van der Waals surface area contributed by atoms with E-state index >= 15 is 0 Å². The van der Waals surface area contributed by atoms with Gasteiger partial charge in [0.15, 0.2) is 11.6 Å². The molecular weight excluding hydrogens is 705 g/mol. The van der Waals surface area contributed by atoms with E-state index in [0.29, 0.717) is 5.82 Å². The van der Waals surface area contributed by atoms with E-state index in [4.69, 9.17) is 14.4 Å². The number of benzene rings is 8. The molecule has 0 saturated heterocycles. The summed E-state index contributed by atoms with van der Waals surface area (Å²) >= 11 is 1.73. The van der Waals surface area contributed by atoms with Gasteiger partial charge in [-0.15, -0.1) is 11.3 Å². The van der Waals surface area contributed by atoms with Crippen LogP contribution in [-0.2, 0) is 0 Å². The van der Waals surface area contributed by atoms with Crippen molar-refractivity contribution in [2.75, 3.05) is 0 Å². The lowest BCUT2D eigenvalue weighted by atomic mass is 10.0. The molecule has 0 amide bonds. The summed E-state index contributed by atoms with van der Waals surface area (Å²) in [6, 6.07) is 60.5. The van der Waals surface area contributed by atoms with Crippen molar-refractivity contribution in [2.45, 2.75) is 0 Å². The van der Waals surface area contributed by atoms with Crippen LogP contribution >= 0.6 is 11.3 Å². The smallest absolute Gasteiger partial charge is 0.163 e. The molecule has 0 N–H and O–H groups in total. The van der Waals surface area contributed by atoms with Gasteiger partial charge in [-0.1, -0.05) is 97.1 Å². The molecular formula is C50H28N4OS. The Bertz CT molecular complexity index is 3770. The van der Waals surface area contributed by atoms with Crippen LogP contribution in [0.5, 0.6) is 0 Å². The van der Waals surface area contributed by atoms with E-state index in [9.17, 15) is 0 Å². The molecule has 0 fully saturated rings. The van der Waals surface area contributed by atoms with Gasteiger partial charge in [0, 0.05) is 53.7 Å². The van der Waals surface area contributed by atoms with Gasteiger partial charge in [-0.05, 0) is 83.6 Å². The quantitative estimate of drug-likeness (QED) is 0.182. The minimum atomic E-state index is 0.704. The lowest BCUT2D eigenvalue weighted by Crippen LogP contribution is -2.02. The summed E-state index contributed by atoms with van der Waals surface area (Å²) in [5, 5.41) is 11.6. The van der Waals surface area contributed by atoms with Gasteiger partial charge in [-0.3, -0.25) is 4.57 Å². The Morgan fingerprint density at radius 1 is 0.429 bits per heavy atom. The molecule has 0 unspecified atom stereocenters. The molecule has 0 spiro atoms. The molecule has 0 radical (unpaired) electrons. The fraction of sp³-hybridized carbons (Fsp3) is 0. The van der Waals surface area contributed by atoms with Crippen LogP contribution in [0.25, 0.3) is 120 Å². The van der Waals surface area contributed by atoms with Crippen LogP contribution in [0.2, 0.25) is 0 Å². The Kier molecular flexibility index (Phi) is 5.98. The van der Waals surface area contributed by atoms with Gasteiger partial charge < -0.3 is 8.98 Å². The molecule has 13 aromatic rings. The standard InChI is InChI=1S/C50H28N4OS/c1-2-12-31(13-3-1)53-39-18-8-4-14-32(39)37-26-30(22-24-41(37)53)48-51-49(47-35-17-7-11-21-45(35)56-50(47)52-48)54-40-19-9-5-15-33(40)38-28-36-29(27-42(38)54)23-25-44-46(36)34-16-6-10-20-43(34)55-44/h1-28H. The summed E-state index contributed by atoms with van der Waals surface area (Å²) < 4.78 is 12.2. The third kappa shape index (κ3) is 4.08. The van der Waals surface area contributed by atoms with Crippen molar-refractivity contribution in [3.05, 3.63) is 170 Å². The summed E-state index contributed by atoms with van der Waals surface area (Å²) in [6.45, 7) is 0.